The van der Waals surface area contributed by atoms with Crippen molar-refractivity contribution in [2.24, 2.45) is 0 Å². The number of nitriles is 1. The summed E-state index contributed by atoms with van der Waals surface area (Å²) < 4.78 is 20.7. The first-order valence-electron chi connectivity index (χ1n) is 7.86. The third-order valence-electron chi connectivity index (χ3n) is 3.86. The number of hydrogen-bond donors (Lipinski definition) is 0. The minimum atomic E-state index is -0.827. The van der Waals surface area contributed by atoms with Crippen LogP contribution in [0.5, 0.6) is 0 Å². The molecule has 3 aromatic rings. The molecule has 6 nitrogen and oxygen atoms in total. The summed E-state index contributed by atoms with van der Waals surface area (Å²) in [7, 11) is 0. The number of carbonyl (C=O) groups excluding carboxylic acids is 2. The summed E-state index contributed by atoms with van der Waals surface area (Å²) >= 11 is 0. The number of fused-ring (bicyclic) bond motifs is 1. The van der Waals surface area contributed by atoms with Crippen LogP contribution in [-0.2, 0) is 4.74 Å². The van der Waals surface area contributed by atoms with E-state index in [-0.39, 0.29) is 23.4 Å². The molecule has 0 amide bonds. The van der Waals surface area contributed by atoms with Crippen molar-refractivity contribution in [2.45, 2.75) is 13.8 Å². The Morgan fingerprint density at radius 3 is 2.73 bits per heavy atom. The average Bonchev–Trinajstić information content (AvgIpc) is 2.96. The molecule has 1 aromatic carbocycles. The molecule has 0 N–H and O–H groups in total. The zero-order valence-electron chi connectivity index (χ0n) is 14.1. The number of ketones is 1. The normalized spacial score (nSPS) is 10.5. The van der Waals surface area contributed by atoms with Crippen molar-refractivity contribution in [3.8, 4) is 6.07 Å². The van der Waals surface area contributed by atoms with Crippen LogP contribution < -0.4 is 0 Å². The van der Waals surface area contributed by atoms with Crippen molar-refractivity contribution in [1.82, 2.24) is 9.38 Å². The zero-order chi connectivity index (χ0) is 18.8. The quantitative estimate of drug-likeness (QED) is 0.533. The van der Waals surface area contributed by atoms with E-state index < -0.39 is 17.6 Å². The number of benzene rings is 1. The van der Waals surface area contributed by atoms with Crippen molar-refractivity contribution in [2.75, 3.05) is 6.61 Å². The Bertz CT molecular complexity index is 1080. The standard InChI is InChI=1S/C19H14FN3O3/c1-3-26-19(25)13-5-6-14(15(20)8-13)18(24)17-11(2)22-16-7-4-12(9-21)10-23(16)17/h4-8,10H,3H2,1-2H3. The maximum Gasteiger partial charge on any atom is 0.338 e. The molecule has 0 aliphatic heterocycles. The number of carbonyl (C=O) groups is 2. The number of nitrogens with zero attached hydrogens (tertiary/aromatic N) is 3. The molecular formula is C19H14FN3O3. The van der Waals surface area contributed by atoms with Gasteiger partial charge in [0.25, 0.3) is 0 Å². The van der Waals surface area contributed by atoms with Gasteiger partial charge in [-0.05, 0) is 44.2 Å². The summed E-state index contributed by atoms with van der Waals surface area (Å²) in [5.41, 5.74) is 1.25. The maximum atomic E-state index is 14.5. The Morgan fingerprint density at radius 2 is 2.08 bits per heavy atom. The second-order valence-electron chi connectivity index (χ2n) is 5.55. The molecule has 130 valence electrons. The second-order valence-corrected chi connectivity index (χ2v) is 5.55. The van der Waals surface area contributed by atoms with Gasteiger partial charge in [-0.15, -0.1) is 0 Å². The molecule has 0 aliphatic rings. The van der Waals surface area contributed by atoms with Crippen LogP contribution in [0, 0.1) is 24.1 Å². The number of hydrogen-bond acceptors (Lipinski definition) is 5. The van der Waals surface area contributed by atoms with Crippen LogP contribution in [0.15, 0.2) is 36.5 Å². The zero-order valence-corrected chi connectivity index (χ0v) is 14.1. The third kappa shape index (κ3) is 2.93. The first kappa shape index (κ1) is 17.3. The fourth-order valence-electron chi connectivity index (χ4n) is 2.67. The van der Waals surface area contributed by atoms with Crippen LogP contribution in [0.25, 0.3) is 5.65 Å². The van der Waals surface area contributed by atoms with E-state index in [2.05, 4.69) is 4.98 Å². The highest BCUT2D eigenvalue weighted by atomic mass is 19.1. The van der Waals surface area contributed by atoms with Gasteiger partial charge in [0.2, 0.25) is 5.78 Å². The number of imidazole rings is 1. The van der Waals surface area contributed by atoms with E-state index in [4.69, 9.17) is 10.00 Å². The highest BCUT2D eigenvalue weighted by Gasteiger charge is 2.22. The number of ether oxygens (including phenoxy) is 1. The molecule has 0 aliphatic carbocycles. The van der Waals surface area contributed by atoms with Gasteiger partial charge in [0.1, 0.15) is 23.2 Å². The van der Waals surface area contributed by atoms with E-state index in [1.54, 1.807) is 26.0 Å². The SMILES string of the molecule is CCOC(=O)c1ccc(C(=O)c2c(C)nc3ccc(C#N)cn23)c(F)c1. The predicted molar refractivity (Wildman–Crippen MR) is 90.4 cm³/mol. The van der Waals surface area contributed by atoms with E-state index >= 15 is 0 Å². The Balaban J connectivity index is 2.08. The van der Waals surface area contributed by atoms with Crippen molar-refractivity contribution in [1.29, 1.82) is 5.26 Å². The predicted octanol–water partition coefficient (Wildman–Crippen LogP) is 3.06. The van der Waals surface area contributed by atoms with Gasteiger partial charge < -0.3 is 4.74 Å². The Kier molecular flexibility index (Phi) is 4.50. The number of aromatic nitrogens is 2. The smallest absolute Gasteiger partial charge is 0.338 e. The molecular weight excluding hydrogens is 337 g/mol. The van der Waals surface area contributed by atoms with Crippen LogP contribution in [0.2, 0.25) is 0 Å². The van der Waals surface area contributed by atoms with Gasteiger partial charge in [0.05, 0.1) is 29.0 Å². The second kappa shape index (κ2) is 6.76. The van der Waals surface area contributed by atoms with Crippen molar-refractivity contribution >= 4 is 17.4 Å². The summed E-state index contributed by atoms with van der Waals surface area (Å²) in [5, 5.41) is 9.05. The Morgan fingerprint density at radius 1 is 1.31 bits per heavy atom. The molecule has 0 bridgehead atoms. The van der Waals surface area contributed by atoms with Gasteiger partial charge in [-0.25, -0.2) is 14.2 Å². The van der Waals surface area contributed by atoms with E-state index in [0.717, 1.165) is 6.07 Å². The third-order valence-corrected chi connectivity index (χ3v) is 3.86. The number of aryl methyl sites for hydroxylation is 1. The van der Waals surface area contributed by atoms with Gasteiger partial charge in [-0.3, -0.25) is 9.20 Å². The number of pyridine rings is 1. The summed E-state index contributed by atoms with van der Waals surface area (Å²) in [6.07, 6.45) is 1.48. The highest BCUT2D eigenvalue weighted by molar-refractivity contribution is 6.09. The molecule has 0 atom stereocenters. The molecule has 0 fully saturated rings. The largest absolute Gasteiger partial charge is 0.462 e. The van der Waals surface area contributed by atoms with E-state index in [1.807, 2.05) is 6.07 Å². The highest BCUT2D eigenvalue weighted by Crippen LogP contribution is 2.20. The van der Waals surface area contributed by atoms with Gasteiger partial charge in [0.15, 0.2) is 0 Å². The molecule has 26 heavy (non-hydrogen) atoms. The minimum absolute atomic E-state index is 0.0301. The minimum Gasteiger partial charge on any atom is -0.462 e. The lowest BCUT2D eigenvalue weighted by atomic mass is 10.0. The summed E-state index contributed by atoms with van der Waals surface area (Å²) in [4.78, 5) is 28.8. The van der Waals surface area contributed by atoms with Gasteiger partial charge in [0, 0.05) is 6.20 Å². The van der Waals surface area contributed by atoms with E-state index in [9.17, 15) is 14.0 Å². The van der Waals surface area contributed by atoms with Crippen LogP contribution >= 0.6 is 0 Å². The Hall–Kier alpha value is -3.53. The number of halogens is 1. The van der Waals surface area contributed by atoms with Crippen LogP contribution in [0.3, 0.4) is 0 Å². The van der Waals surface area contributed by atoms with Gasteiger partial charge >= 0.3 is 5.97 Å². The summed E-state index contributed by atoms with van der Waals surface area (Å²) in [6, 6.07) is 8.76. The van der Waals surface area contributed by atoms with E-state index in [1.165, 1.54) is 22.7 Å². The topological polar surface area (TPSA) is 84.5 Å². The molecule has 2 heterocycles. The molecule has 2 aromatic heterocycles. The molecule has 7 heteroatoms. The van der Waals surface area contributed by atoms with E-state index in [0.29, 0.717) is 16.9 Å². The Labute approximate surface area is 148 Å². The van der Waals surface area contributed by atoms with Crippen molar-refractivity contribution in [3.05, 3.63) is 70.4 Å². The first-order chi connectivity index (χ1) is 12.5. The van der Waals surface area contributed by atoms with Crippen LogP contribution in [-0.4, -0.2) is 27.7 Å². The van der Waals surface area contributed by atoms with Crippen LogP contribution in [0.4, 0.5) is 4.39 Å². The average molecular weight is 351 g/mol. The van der Waals surface area contributed by atoms with Gasteiger partial charge in [-0.1, -0.05) is 0 Å². The lowest BCUT2D eigenvalue weighted by Crippen LogP contribution is -2.11. The molecule has 0 unspecified atom stereocenters. The van der Waals surface area contributed by atoms with Crippen molar-refractivity contribution < 1.29 is 18.7 Å². The van der Waals surface area contributed by atoms with Crippen molar-refractivity contribution in [3.63, 3.8) is 0 Å². The van der Waals surface area contributed by atoms with Gasteiger partial charge in [-0.2, -0.15) is 5.26 Å². The molecule has 0 spiro atoms. The maximum absolute atomic E-state index is 14.5. The fourth-order valence-corrected chi connectivity index (χ4v) is 2.67. The fraction of sp³-hybridized carbons (Fsp3) is 0.158. The lowest BCUT2D eigenvalue weighted by Gasteiger charge is -2.07. The molecule has 3 rings (SSSR count). The number of rotatable bonds is 4. The first-order valence-corrected chi connectivity index (χ1v) is 7.86. The number of esters is 1. The summed E-state index contributed by atoms with van der Waals surface area (Å²) in [5.74, 6) is -2.07. The van der Waals surface area contributed by atoms with Crippen LogP contribution in [0.1, 0.15) is 44.6 Å². The molecule has 0 saturated heterocycles. The molecule has 0 saturated carbocycles. The monoisotopic (exact) mass is 351 g/mol. The molecule has 0 radical (unpaired) electrons. The summed E-state index contributed by atoms with van der Waals surface area (Å²) in [6.45, 7) is 3.45. The lowest BCUT2D eigenvalue weighted by molar-refractivity contribution is 0.0525.